The molecule has 0 radical (unpaired) electrons. The highest BCUT2D eigenvalue weighted by atomic mass is 32.2. The maximum atomic E-state index is 13.5. The van der Waals surface area contributed by atoms with Crippen molar-refractivity contribution in [3.05, 3.63) is 93.3 Å². The molecule has 6 heteroatoms. The zero-order valence-electron chi connectivity index (χ0n) is 15.5. The highest BCUT2D eigenvalue weighted by molar-refractivity contribution is 8.17. The van der Waals surface area contributed by atoms with Crippen LogP contribution in [0.1, 0.15) is 34.3 Å². The van der Waals surface area contributed by atoms with Crippen LogP contribution in [0, 0.1) is 18.3 Å². The van der Waals surface area contributed by atoms with Crippen molar-refractivity contribution in [3.63, 3.8) is 0 Å². The normalized spacial score (nSPS) is 18.7. The van der Waals surface area contributed by atoms with Gasteiger partial charge in [0, 0.05) is 11.1 Å². The van der Waals surface area contributed by atoms with Crippen LogP contribution in [0.15, 0.2) is 81.7 Å². The average Bonchev–Trinajstić information content (AvgIpc) is 3.10. The van der Waals surface area contributed by atoms with Crippen LogP contribution < -0.4 is 5.73 Å². The van der Waals surface area contributed by atoms with Crippen LogP contribution in [0.25, 0.3) is 0 Å². The fraction of sp³-hybridized carbons (Fsp3) is 0.136. The van der Waals surface area contributed by atoms with Gasteiger partial charge in [-0.25, -0.2) is 5.01 Å². The molecule has 28 heavy (non-hydrogen) atoms. The van der Waals surface area contributed by atoms with E-state index in [1.54, 1.807) is 12.1 Å². The van der Waals surface area contributed by atoms with Crippen LogP contribution >= 0.6 is 11.8 Å². The first kappa shape index (κ1) is 18.1. The van der Waals surface area contributed by atoms with Gasteiger partial charge in [-0.2, -0.15) is 10.4 Å². The van der Waals surface area contributed by atoms with Crippen molar-refractivity contribution in [2.75, 3.05) is 0 Å². The Morgan fingerprint density at radius 1 is 1.14 bits per heavy atom. The van der Waals surface area contributed by atoms with E-state index in [4.69, 9.17) is 5.73 Å². The summed E-state index contributed by atoms with van der Waals surface area (Å²) in [5, 5.41) is 17.3. The molecule has 2 heterocycles. The van der Waals surface area contributed by atoms with Gasteiger partial charge in [0.1, 0.15) is 10.9 Å². The monoisotopic (exact) mass is 386 g/mol. The number of aryl methyl sites for hydroxylation is 1. The predicted molar refractivity (Wildman–Crippen MR) is 111 cm³/mol. The van der Waals surface area contributed by atoms with Crippen molar-refractivity contribution < 1.29 is 4.79 Å². The van der Waals surface area contributed by atoms with Gasteiger partial charge >= 0.3 is 0 Å². The van der Waals surface area contributed by atoms with Gasteiger partial charge in [0.25, 0.3) is 0 Å². The van der Waals surface area contributed by atoms with Crippen molar-refractivity contribution in [1.82, 2.24) is 5.01 Å². The quantitative estimate of drug-likeness (QED) is 0.797. The molecule has 2 aromatic carbocycles. The number of hydrogen-bond acceptors (Lipinski definition) is 6. The molecule has 138 valence electrons. The van der Waals surface area contributed by atoms with Crippen molar-refractivity contribution in [2.45, 2.75) is 19.8 Å². The maximum Gasteiger partial charge on any atom is 0.192 e. The van der Waals surface area contributed by atoms with E-state index in [2.05, 4.69) is 11.2 Å². The topological polar surface area (TPSA) is 82.5 Å². The third-order valence-corrected chi connectivity index (χ3v) is 5.76. The number of carbonyl (C=O) groups excluding carboxylic acids is 1. The van der Waals surface area contributed by atoms with E-state index in [9.17, 15) is 10.1 Å². The Morgan fingerprint density at radius 3 is 2.46 bits per heavy atom. The summed E-state index contributed by atoms with van der Waals surface area (Å²) in [6.45, 7) is 3.86. The molecule has 2 aliphatic rings. The number of fused-ring (bicyclic) bond motifs is 1. The molecule has 2 aromatic rings. The van der Waals surface area contributed by atoms with Gasteiger partial charge < -0.3 is 5.73 Å². The molecular formula is C22H18N4OS. The first-order chi connectivity index (χ1) is 13.5. The summed E-state index contributed by atoms with van der Waals surface area (Å²) in [5.74, 6) is -0.376. The molecule has 0 fully saturated rings. The van der Waals surface area contributed by atoms with E-state index in [1.165, 1.54) is 16.8 Å². The third-order valence-electron chi connectivity index (χ3n) is 4.80. The van der Waals surface area contributed by atoms with Crippen LogP contribution in [0.3, 0.4) is 0 Å². The molecule has 0 saturated carbocycles. The Bertz CT molecular complexity index is 1090. The zero-order valence-corrected chi connectivity index (χ0v) is 16.3. The van der Waals surface area contributed by atoms with E-state index in [0.717, 1.165) is 16.2 Å². The maximum absolute atomic E-state index is 13.5. The second-order valence-corrected chi connectivity index (χ2v) is 7.88. The van der Waals surface area contributed by atoms with Crippen molar-refractivity contribution >= 4 is 22.6 Å². The highest BCUT2D eigenvalue weighted by Crippen LogP contribution is 2.47. The third kappa shape index (κ3) is 2.90. The van der Waals surface area contributed by atoms with Gasteiger partial charge in [-0.05, 0) is 19.4 Å². The molecule has 0 bridgehead atoms. The van der Waals surface area contributed by atoms with E-state index in [-0.39, 0.29) is 11.6 Å². The summed E-state index contributed by atoms with van der Waals surface area (Å²) in [5.41, 5.74) is 9.73. The number of allylic oxidation sites excluding steroid dienone is 2. The molecular weight excluding hydrogens is 368 g/mol. The molecule has 5 nitrogen and oxygen atoms in total. The molecule has 0 spiro atoms. The fourth-order valence-electron chi connectivity index (χ4n) is 3.44. The van der Waals surface area contributed by atoms with Crippen LogP contribution in [-0.4, -0.2) is 15.8 Å². The molecule has 2 aliphatic heterocycles. The lowest BCUT2D eigenvalue weighted by Crippen LogP contribution is -2.31. The number of thioether (sulfide) groups is 1. The lowest BCUT2D eigenvalue weighted by Gasteiger charge is -2.31. The summed E-state index contributed by atoms with van der Waals surface area (Å²) in [7, 11) is 0. The van der Waals surface area contributed by atoms with Crippen LogP contribution in [-0.2, 0) is 0 Å². The van der Waals surface area contributed by atoms with Crippen LogP contribution in [0.4, 0.5) is 0 Å². The molecule has 2 N–H and O–H groups in total. The van der Waals surface area contributed by atoms with Gasteiger partial charge in [-0.15, -0.1) is 0 Å². The molecule has 4 rings (SSSR count). The van der Waals surface area contributed by atoms with E-state index < -0.39 is 5.92 Å². The number of hydrazone groups is 1. The van der Waals surface area contributed by atoms with Crippen LogP contribution in [0.5, 0.6) is 0 Å². The lowest BCUT2D eigenvalue weighted by molar-refractivity contribution is 0.102. The van der Waals surface area contributed by atoms with E-state index in [0.29, 0.717) is 21.7 Å². The van der Waals surface area contributed by atoms with Crippen LogP contribution in [0.2, 0.25) is 0 Å². The number of nitrogens with zero attached hydrogens (tertiary/aromatic N) is 3. The summed E-state index contributed by atoms with van der Waals surface area (Å²) >= 11 is 1.41. The molecule has 1 atom stereocenters. The van der Waals surface area contributed by atoms with Gasteiger partial charge in [0.05, 0.1) is 22.6 Å². The van der Waals surface area contributed by atoms with Gasteiger partial charge in [-0.3, -0.25) is 4.79 Å². The second kappa shape index (κ2) is 7.02. The molecule has 1 unspecified atom stereocenters. The minimum absolute atomic E-state index is 0.121. The average molecular weight is 386 g/mol. The van der Waals surface area contributed by atoms with Crippen molar-refractivity contribution in [1.29, 1.82) is 5.26 Å². The number of nitriles is 1. The standard InChI is InChI=1S/C22H18N4OS/c1-13-8-10-15(11-9-13)18-17(12-23)21(24)26-22(28-14(2)25-26)19(18)20(27)16-6-4-3-5-7-16/h3-11,18H,24H2,1-2H3. The highest BCUT2D eigenvalue weighted by Gasteiger charge is 2.41. The smallest absolute Gasteiger partial charge is 0.192 e. The zero-order chi connectivity index (χ0) is 19.8. The van der Waals surface area contributed by atoms with Gasteiger partial charge in [0.2, 0.25) is 0 Å². The minimum Gasteiger partial charge on any atom is -0.383 e. The molecule has 0 aromatic heterocycles. The number of ketones is 1. The number of carbonyl (C=O) groups is 1. The summed E-state index contributed by atoms with van der Waals surface area (Å²) < 4.78 is 0. The van der Waals surface area contributed by atoms with E-state index >= 15 is 0 Å². The Balaban J connectivity index is 1.96. The number of rotatable bonds is 3. The number of nitrogens with two attached hydrogens (primary N) is 1. The van der Waals surface area contributed by atoms with E-state index in [1.807, 2.05) is 56.3 Å². The lowest BCUT2D eigenvalue weighted by atomic mass is 9.80. The first-order valence-corrected chi connectivity index (χ1v) is 9.66. The Hall–Kier alpha value is -3.30. The number of hydrogen-bond donors (Lipinski definition) is 1. The first-order valence-electron chi connectivity index (χ1n) is 8.84. The van der Waals surface area contributed by atoms with Crippen molar-refractivity contribution in [3.8, 4) is 6.07 Å². The van der Waals surface area contributed by atoms with Gasteiger partial charge in [0.15, 0.2) is 5.78 Å². The predicted octanol–water partition coefficient (Wildman–Crippen LogP) is 4.26. The number of Topliss-reactive ketones (excluding diaryl/α,β-unsaturated/α-hetero) is 1. The Labute approximate surface area is 167 Å². The Kier molecular flexibility index (Phi) is 4.54. The van der Waals surface area contributed by atoms with Gasteiger partial charge in [-0.1, -0.05) is 71.9 Å². The minimum atomic E-state index is -0.529. The second-order valence-electron chi connectivity index (χ2n) is 6.70. The number of benzene rings is 2. The summed E-state index contributed by atoms with van der Waals surface area (Å²) in [6, 6.07) is 19.2. The molecule has 0 saturated heterocycles. The molecule has 0 aliphatic carbocycles. The fourth-order valence-corrected chi connectivity index (χ4v) is 4.39. The largest absolute Gasteiger partial charge is 0.383 e. The van der Waals surface area contributed by atoms with Crippen molar-refractivity contribution in [2.24, 2.45) is 10.8 Å². The summed E-state index contributed by atoms with van der Waals surface area (Å²) in [6.07, 6.45) is 0. The SMILES string of the molecule is CC1=NN2C(N)=C(C#N)C(c3ccc(C)cc3)C(C(=O)c3ccccc3)=C2S1. The summed E-state index contributed by atoms with van der Waals surface area (Å²) in [4.78, 5) is 13.5. The molecule has 0 amide bonds. The Morgan fingerprint density at radius 2 is 1.82 bits per heavy atom.